The average molecular weight is 417 g/mol. The lowest BCUT2D eigenvalue weighted by Gasteiger charge is -2.17. The second-order valence-corrected chi connectivity index (χ2v) is 8.06. The second-order valence-electron chi connectivity index (χ2n) is 8.06. The first kappa shape index (κ1) is 19.3. The van der Waals surface area contributed by atoms with E-state index in [1.807, 2.05) is 67.3 Å². The molecule has 1 N–H and O–H groups in total. The Morgan fingerprint density at radius 1 is 1.19 bits per heavy atom. The lowest BCUT2D eigenvalue weighted by atomic mass is 10.1. The van der Waals surface area contributed by atoms with Crippen molar-refractivity contribution in [3.8, 4) is 17.3 Å². The van der Waals surface area contributed by atoms with Crippen molar-refractivity contribution in [2.75, 3.05) is 6.54 Å². The quantitative estimate of drug-likeness (QED) is 0.511. The van der Waals surface area contributed by atoms with E-state index < -0.39 is 0 Å². The van der Waals surface area contributed by atoms with E-state index in [1.165, 1.54) is 0 Å². The Balaban J connectivity index is 1.28. The summed E-state index contributed by atoms with van der Waals surface area (Å²) in [6.45, 7) is 5.10. The number of likely N-dealkylation sites (tertiary alicyclic amines) is 1. The maximum atomic E-state index is 12.6. The largest absolute Gasteiger partial charge is 0.491 e. The van der Waals surface area contributed by atoms with Crippen LogP contribution in [0.25, 0.3) is 22.5 Å². The number of fused-ring (bicyclic) bond motifs is 1. The number of para-hydroxylation sites is 1. The molecule has 2 aromatic heterocycles. The standard InChI is InChI=1S/C23H23N5O3/c1-14(2)30-17-9-7-15(8-10-17)12-28-13-16(11-20(28)29)22-24-23(31-27-22)21-18-5-3-4-6-19(18)25-26-21/h3-10,14,16H,11-13H2,1-2H3,(H,25,26). The van der Waals surface area contributed by atoms with Crippen molar-refractivity contribution in [1.29, 1.82) is 0 Å². The van der Waals surface area contributed by atoms with E-state index in [0.717, 1.165) is 22.2 Å². The monoisotopic (exact) mass is 417 g/mol. The Morgan fingerprint density at radius 3 is 2.81 bits per heavy atom. The topological polar surface area (TPSA) is 97.1 Å². The molecule has 1 aliphatic rings. The summed E-state index contributed by atoms with van der Waals surface area (Å²) in [7, 11) is 0. The number of hydrogen-bond acceptors (Lipinski definition) is 6. The molecule has 8 heteroatoms. The van der Waals surface area contributed by atoms with Gasteiger partial charge in [-0.2, -0.15) is 10.1 Å². The van der Waals surface area contributed by atoms with Gasteiger partial charge in [0, 0.05) is 30.8 Å². The number of carbonyl (C=O) groups is 1. The fourth-order valence-corrected chi connectivity index (χ4v) is 3.89. The molecule has 0 bridgehead atoms. The summed E-state index contributed by atoms with van der Waals surface area (Å²) in [6.07, 6.45) is 0.500. The van der Waals surface area contributed by atoms with E-state index >= 15 is 0 Å². The first-order valence-corrected chi connectivity index (χ1v) is 10.4. The van der Waals surface area contributed by atoms with Crippen LogP contribution in [0.15, 0.2) is 53.1 Å². The van der Waals surface area contributed by atoms with E-state index in [4.69, 9.17) is 9.26 Å². The van der Waals surface area contributed by atoms with Crippen LogP contribution in [0.1, 0.15) is 37.6 Å². The first-order valence-electron chi connectivity index (χ1n) is 10.4. The first-order chi connectivity index (χ1) is 15.1. The zero-order valence-corrected chi connectivity index (χ0v) is 17.4. The molecule has 0 aliphatic carbocycles. The maximum Gasteiger partial charge on any atom is 0.279 e. The molecule has 1 amide bonds. The van der Waals surface area contributed by atoms with Crippen LogP contribution in [0.2, 0.25) is 0 Å². The molecule has 5 rings (SSSR count). The third-order valence-corrected chi connectivity index (χ3v) is 5.36. The van der Waals surface area contributed by atoms with Gasteiger partial charge in [-0.3, -0.25) is 9.89 Å². The summed E-state index contributed by atoms with van der Waals surface area (Å²) in [5.41, 5.74) is 2.59. The SMILES string of the molecule is CC(C)Oc1ccc(CN2CC(c3noc(-c4n[nH]c5ccccc45)n3)CC2=O)cc1. The Labute approximate surface area is 179 Å². The minimum absolute atomic E-state index is 0.0871. The smallest absolute Gasteiger partial charge is 0.279 e. The highest BCUT2D eigenvalue weighted by Gasteiger charge is 2.34. The number of nitrogens with one attached hydrogen (secondary N) is 1. The molecule has 0 spiro atoms. The third kappa shape index (κ3) is 3.88. The zero-order valence-electron chi connectivity index (χ0n) is 17.4. The molecule has 31 heavy (non-hydrogen) atoms. The van der Waals surface area contributed by atoms with Crippen LogP contribution >= 0.6 is 0 Å². The normalized spacial score (nSPS) is 16.5. The summed E-state index contributed by atoms with van der Waals surface area (Å²) in [5, 5.41) is 12.3. The van der Waals surface area contributed by atoms with Crippen LogP contribution in [0, 0.1) is 0 Å². The third-order valence-electron chi connectivity index (χ3n) is 5.36. The average Bonchev–Trinajstić information content (AvgIpc) is 3.47. The molecule has 1 fully saturated rings. The fourth-order valence-electron chi connectivity index (χ4n) is 3.89. The molecular weight excluding hydrogens is 394 g/mol. The lowest BCUT2D eigenvalue weighted by molar-refractivity contribution is -0.128. The van der Waals surface area contributed by atoms with Crippen molar-refractivity contribution in [3.05, 3.63) is 59.9 Å². The van der Waals surface area contributed by atoms with E-state index in [9.17, 15) is 4.79 Å². The van der Waals surface area contributed by atoms with Crippen LogP contribution in [0.4, 0.5) is 0 Å². The summed E-state index contributed by atoms with van der Waals surface area (Å²) < 4.78 is 11.2. The molecule has 158 valence electrons. The van der Waals surface area contributed by atoms with Crippen molar-refractivity contribution >= 4 is 16.8 Å². The molecule has 0 saturated carbocycles. The molecule has 1 atom stereocenters. The number of amides is 1. The number of rotatable bonds is 6. The van der Waals surface area contributed by atoms with Gasteiger partial charge in [0.1, 0.15) is 5.75 Å². The number of benzene rings is 2. The van der Waals surface area contributed by atoms with Gasteiger partial charge in [-0.05, 0) is 37.6 Å². The minimum Gasteiger partial charge on any atom is -0.491 e. The fraction of sp³-hybridized carbons (Fsp3) is 0.304. The number of carbonyl (C=O) groups excluding carboxylic acids is 1. The Bertz CT molecular complexity index is 1210. The number of nitrogens with zero attached hydrogens (tertiary/aromatic N) is 4. The number of aromatic nitrogens is 4. The van der Waals surface area contributed by atoms with Crippen molar-refractivity contribution in [2.24, 2.45) is 0 Å². The highest BCUT2D eigenvalue weighted by atomic mass is 16.5. The predicted octanol–water partition coefficient (Wildman–Crippen LogP) is 3.92. The molecule has 8 nitrogen and oxygen atoms in total. The van der Waals surface area contributed by atoms with Crippen LogP contribution in [-0.2, 0) is 11.3 Å². The number of H-pyrrole nitrogens is 1. The van der Waals surface area contributed by atoms with Gasteiger partial charge < -0.3 is 14.2 Å². The van der Waals surface area contributed by atoms with Gasteiger partial charge in [0.15, 0.2) is 11.5 Å². The van der Waals surface area contributed by atoms with E-state index in [2.05, 4.69) is 20.3 Å². The van der Waals surface area contributed by atoms with Gasteiger partial charge in [0.2, 0.25) is 5.91 Å². The van der Waals surface area contributed by atoms with Gasteiger partial charge >= 0.3 is 0 Å². The molecule has 1 saturated heterocycles. The minimum atomic E-state index is -0.0984. The van der Waals surface area contributed by atoms with Crippen LogP contribution in [-0.4, -0.2) is 43.8 Å². The van der Waals surface area contributed by atoms with Crippen molar-refractivity contribution < 1.29 is 14.1 Å². The molecule has 0 radical (unpaired) electrons. The van der Waals surface area contributed by atoms with E-state index in [-0.39, 0.29) is 17.9 Å². The van der Waals surface area contributed by atoms with Gasteiger partial charge in [-0.1, -0.05) is 35.5 Å². The maximum absolute atomic E-state index is 12.6. The van der Waals surface area contributed by atoms with Gasteiger partial charge in [0.05, 0.1) is 11.6 Å². The highest BCUT2D eigenvalue weighted by Crippen LogP contribution is 2.31. The number of aromatic amines is 1. The molecule has 1 unspecified atom stereocenters. The predicted molar refractivity (Wildman–Crippen MR) is 114 cm³/mol. The van der Waals surface area contributed by atoms with E-state index in [1.54, 1.807) is 0 Å². The van der Waals surface area contributed by atoms with Gasteiger partial charge in [0.25, 0.3) is 5.89 Å². The van der Waals surface area contributed by atoms with Gasteiger partial charge in [-0.25, -0.2) is 0 Å². The van der Waals surface area contributed by atoms with Crippen LogP contribution < -0.4 is 4.74 Å². The Hall–Kier alpha value is -3.68. The summed E-state index contributed by atoms with van der Waals surface area (Å²) in [5.74, 6) is 1.72. The molecule has 1 aliphatic heterocycles. The number of hydrogen-bond donors (Lipinski definition) is 1. The lowest BCUT2D eigenvalue weighted by Crippen LogP contribution is -2.24. The Morgan fingerprint density at radius 2 is 2.00 bits per heavy atom. The molecular formula is C23H23N5O3. The van der Waals surface area contributed by atoms with Crippen molar-refractivity contribution in [2.45, 2.75) is 38.8 Å². The molecule has 4 aromatic rings. The zero-order chi connectivity index (χ0) is 21.4. The number of ether oxygens (including phenoxy) is 1. The molecule has 2 aromatic carbocycles. The summed E-state index contributed by atoms with van der Waals surface area (Å²) in [6, 6.07) is 15.6. The summed E-state index contributed by atoms with van der Waals surface area (Å²) >= 11 is 0. The Kier molecular flexibility index (Phi) is 4.89. The molecule has 3 heterocycles. The van der Waals surface area contributed by atoms with Crippen LogP contribution in [0.3, 0.4) is 0 Å². The van der Waals surface area contributed by atoms with Gasteiger partial charge in [-0.15, -0.1) is 0 Å². The van der Waals surface area contributed by atoms with Crippen molar-refractivity contribution in [1.82, 2.24) is 25.2 Å². The van der Waals surface area contributed by atoms with Crippen LogP contribution in [0.5, 0.6) is 5.75 Å². The highest BCUT2D eigenvalue weighted by molar-refractivity contribution is 5.90. The summed E-state index contributed by atoms with van der Waals surface area (Å²) in [4.78, 5) is 19.0. The second kappa shape index (κ2) is 7.86. The van der Waals surface area contributed by atoms with E-state index in [0.29, 0.717) is 36.9 Å². The van der Waals surface area contributed by atoms with Crippen molar-refractivity contribution in [3.63, 3.8) is 0 Å².